The van der Waals surface area contributed by atoms with Crippen LogP contribution in [-0.4, -0.2) is 48.5 Å². The minimum atomic E-state index is 0. The van der Waals surface area contributed by atoms with Gasteiger partial charge in [0.25, 0.3) is 0 Å². The van der Waals surface area contributed by atoms with E-state index in [1.807, 2.05) is 23.1 Å². The van der Waals surface area contributed by atoms with E-state index in [9.17, 15) is 4.79 Å². The molecule has 2 aliphatic heterocycles. The van der Waals surface area contributed by atoms with E-state index >= 15 is 0 Å². The van der Waals surface area contributed by atoms with Crippen LogP contribution < -0.4 is 10.2 Å². The molecule has 0 atom stereocenters. The van der Waals surface area contributed by atoms with Crippen molar-refractivity contribution in [3.8, 4) is 0 Å². The molecule has 2 heterocycles. The van der Waals surface area contributed by atoms with Gasteiger partial charge in [0.2, 0.25) is 5.91 Å². The Morgan fingerprint density at radius 1 is 1.23 bits per heavy atom. The lowest BCUT2D eigenvalue weighted by Crippen LogP contribution is -2.72. The Labute approximate surface area is 174 Å². The molecule has 1 aromatic carbocycles. The molecule has 0 unspecified atom stereocenters. The summed E-state index contributed by atoms with van der Waals surface area (Å²) in [5, 5.41) is 3.35. The molecule has 1 amide bonds. The Balaban J connectivity index is 0.00000243. The molecule has 0 aromatic heterocycles. The number of nitrogens with one attached hydrogen (secondary N) is 1. The highest BCUT2D eigenvalue weighted by atomic mass is 127. The van der Waals surface area contributed by atoms with Crippen LogP contribution >= 0.6 is 24.0 Å². The van der Waals surface area contributed by atoms with Gasteiger partial charge in [0.1, 0.15) is 6.54 Å². The lowest BCUT2D eigenvalue weighted by Gasteiger charge is -2.62. The molecule has 3 rings (SSSR count). The van der Waals surface area contributed by atoms with Crippen LogP contribution in [0, 0.1) is 5.41 Å². The third-order valence-electron chi connectivity index (χ3n) is 6.03. The first kappa shape index (κ1) is 21.0. The van der Waals surface area contributed by atoms with Crippen LogP contribution in [-0.2, 0) is 11.2 Å². The number of carbonyl (C=O) groups excluding carboxylic acids is 1. The number of para-hydroxylation sites is 1. The zero-order chi connectivity index (χ0) is 18.2. The Morgan fingerprint density at radius 3 is 2.54 bits per heavy atom. The van der Waals surface area contributed by atoms with E-state index in [2.05, 4.69) is 55.9 Å². The number of amides is 1. The van der Waals surface area contributed by atoms with Crippen LogP contribution in [0.3, 0.4) is 0 Å². The molecule has 0 spiro atoms. The summed E-state index contributed by atoms with van der Waals surface area (Å²) in [4.78, 5) is 21.5. The number of benzene rings is 1. The van der Waals surface area contributed by atoms with E-state index in [0.717, 1.165) is 37.7 Å². The molecule has 1 fully saturated rings. The van der Waals surface area contributed by atoms with Crippen molar-refractivity contribution in [3.05, 3.63) is 29.8 Å². The number of aliphatic imine (C=N–C) groups is 1. The van der Waals surface area contributed by atoms with Crippen LogP contribution in [0.5, 0.6) is 0 Å². The van der Waals surface area contributed by atoms with E-state index in [0.29, 0.717) is 0 Å². The summed E-state index contributed by atoms with van der Waals surface area (Å²) in [6, 6.07) is 8.14. The number of anilines is 1. The smallest absolute Gasteiger partial charge is 0.248 e. The highest BCUT2D eigenvalue weighted by Crippen LogP contribution is 2.46. The highest BCUT2D eigenvalue weighted by molar-refractivity contribution is 14.0. The minimum absolute atomic E-state index is 0. The van der Waals surface area contributed by atoms with Crippen molar-refractivity contribution in [3.63, 3.8) is 0 Å². The van der Waals surface area contributed by atoms with Gasteiger partial charge < -0.3 is 15.1 Å². The molecule has 1 N–H and O–H groups in total. The maximum Gasteiger partial charge on any atom is 0.248 e. The van der Waals surface area contributed by atoms with Gasteiger partial charge >= 0.3 is 0 Å². The molecule has 2 aliphatic rings. The number of fused-ring (bicyclic) bond motifs is 1. The molecule has 0 saturated carbocycles. The second kappa shape index (κ2) is 7.74. The van der Waals surface area contributed by atoms with E-state index in [1.165, 1.54) is 5.56 Å². The lowest BCUT2D eigenvalue weighted by molar-refractivity contribution is -0.117. The fourth-order valence-electron chi connectivity index (χ4n) is 3.62. The number of hydrogen-bond donors (Lipinski definition) is 1. The predicted molar refractivity (Wildman–Crippen MR) is 118 cm³/mol. The third kappa shape index (κ3) is 3.57. The zero-order valence-electron chi connectivity index (χ0n) is 16.5. The van der Waals surface area contributed by atoms with E-state index in [4.69, 9.17) is 0 Å². The first-order chi connectivity index (χ1) is 11.8. The Morgan fingerprint density at radius 2 is 1.92 bits per heavy atom. The first-order valence-electron chi connectivity index (χ1n) is 9.22. The summed E-state index contributed by atoms with van der Waals surface area (Å²) in [5.74, 6) is 0.908. The van der Waals surface area contributed by atoms with Gasteiger partial charge in [-0.15, -0.1) is 24.0 Å². The fourth-order valence-corrected chi connectivity index (χ4v) is 3.62. The van der Waals surface area contributed by atoms with Gasteiger partial charge in [0, 0.05) is 36.3 Å². The molecule has 26 heavy (non-hydrogen) atoms. The number of halogens is 1. The van der Waals surface area contributed by atoms with Crippen LogP contribution in [0.1, 0.15) is 40.2 Å². The van der Waals surface area contributed by atoms with Crippen LogP contribution in [0.4, 0.5) is 5.69 Å². The number of likely N-dealkylation sites (tertiary alicyclic amines) is 1. The highest BCUT2D eigenvalue weighted by Gasteiger charge is 2.53. The quantitative estimate of drug-likeness (QED) is 0.419. The molecule has 0 bridgehead atoms. The summed E-state index contributed by atoms with van der Waals surface area (Å²) >= 11 is 0. The standard InChI is InChI=1S/C20H30N4O.HI/c1-6-21-18(24-14-19(2,3)20(24,4)5)22-13-17(25)23-12-11-15-9-7-8-10-16(15)23;/h7-10H,6,11-14H2,1-5H3,(H,21,22);1H. The predicted octanol–water partition coefficient (Wildman–Crippen LogP) is 3.28. The SMILES string of the molecule is CCNC(=NCC(=O)N1CCc2ccccc21)N1CC(C)(C)C1(C)C.I. The summed E-state index contributed by atoms with van der Waals surface area (Å²) in [6.07, 6.45) is 0.930. The van der Waals surface area contributed by atoms with Crippen molar-refractivity contribution in [2.24, 2.45) is 10.4 Å². The molecular formula is C20H31IN4O. The normalized spacial score (nSPS) is 20.1. The van der Waals surface area contributed by atoms with Crippen LogP contribution in [0.2, 0.25) is 0 Å². The molecule has 5 nitrogen and oxygen atoms in total. The largest absolute Gasteiger partial charge is 0.356 e. The number of hydrogen-bond acceptors (Lipinski definition) is 2. The third-order valence-corrected chi connectivity index (χ3v) is 6.03. The molecular weight excluding hydrogens is 439 g/mol. The van der Waals surface area contributed by atoms with Gasteiger partial charge in [-0.1, -0.05) is 32.0 Å². The average molecular weight is 470 g/mol. The maximum absolute atomic E-state index is 12.7. The average Bonchev–Trinajstić information content (AvgIpc) is 3.00. The molecule has 0 aliphatic carbocycles. The lowest BCUT2D eigenvalue weighted by atomic mass is 9.65. The minimum Gasteiger partial charge on any atom is -0.356 e. The van der Waals surface area contributed by atoms with E-state index in [-0.39, 0.29) is 47.4 Å². The Kier molecular flexibility index (Phi) is 6.25. The number of nitrogens with zero attached hydrogens (tertiary/aromatic N) is 3. The van der Waals surface area contributed by atoms with Crippen molar-refractivity contribution in [1.29, 1.82) is 0 Å². The second-order valence-corrected chi connectivity index (χ2v) is 8.12. The van der Waals surface area contributed by atoms with Gasteiger partial charge in [-0.25, -0.2) is 4.99 Å². The van der Waals surface area contributed by atoms with Gasteiger partial charge in [-0.3, -0.25) is 4.79 Å². The van der Waals surface area contributed by atoms with E-state index < -0.39 is 0 Å². The second-order valence-electron chi connectivity index (χ2n) is 8.12. The van der Waals surface area contributed by atoms with Crippen molar-refractivity contribution >= 4 is 41.5 Å². The summed E-state index contributed by atoms with van der Waals surface area (Å²) < 4.78 is 0. The van der Waals surface area contributed by atoms with Gasteiger partial charge in [0.05, 0.1) is 0 Å². The Bertz CT molecular complexity index is 699. The van der Waals surface area contributed by atoms with Gasteiger partial charge in [-0.2, -0.15) is 0 Å². The molecule has 0 radical (unpaired) electrons. The Hall–Kier alpha value is -1.31. The zero-order valence-corrected chi connectivity index (χ0v) is 18.8. The fraction of sp³-hybridized carbons (Fsp3) is 0.600. The summed E-state index contributed by atoms with van der Waals surface area (Å²) in [5.41, 5.74) is 2.55. The molecule has 1 aromatic rings. The van der Waals surface area contributed by atoms with Crippen molar-refractivity contribution in [1.82, 2.24) is 10.2 Å². The summed E-state index contributed by atoms with van der Waals surface area (Å²) in [6.45, 7) is 13.8. The number of carbonyl (C=O) groups is 1. The van der Waals surface area contributed by atoms with Gasteiger partial charge in [0.15, 0.2) is 5.96 Å². The number of guanidine groups is 1. The topological polar surface area (TPSA) is 47.9 Å². The first-order valence-corrected chi connectivity index (χ1v) is 9.22. The number of rotatable bonds is 3. The summed E-state index contributed by atoms with van der Waals surface area (Å²) in [7, 11) is 0. The maximum atomic E-state index is 12.7. The van der Waals surface area contributed by atoms with Crippen LogP contribution in [0.15, 0.2) is 29.3 Å². The molecule has 1 saturated heterocycles. The molecule has 6 heteroatoms. The van der Waals surface area contributed by atoms with Crippen molar-refractivity contribution in [2.45, 2.75) is 46.6 Å². The van der Waals surface area contributed by atoms with Gasteiger partial charge in [-0.05, 0) is 38.8 Å². The van der Waals surface area contributed by atoms with Crippen molar-refractivity contribution < 1.29 is 4.79 Å². The van der Waals surface area contributed by atoms with E-state index in [1.54, 1.807) is 0 Å². The monoisotopic (exact) mass is 470 g/mol. The van der Waals surface area contributed by atoms with Crippen molar-refractivity contribution in [2.75, 3.05) is 31.1 Å². The molecule has 144 valence electrons. The van der Waals surface area contributed by atoms with Crippen LogP contribution in [0.25, 0.3) is 0 Å².